The standard InChI is InChI=1S/C25H26FN5O/c26-21-14-19-22(15-23(21)30-12-10-29(11-13-30)17-6-4-5-7-17)27-16-20-24(19)28-31(25(20)32)18-8-2-1-3-9-18/h1-3,8-9,14-17,28H,4-7,10-13H2. The average Bonchev–Trinajstić information content (AvgIpc) is 3.48. The Morgan fingerprint density at radius 2 is 1.72 bits per heavy atom. The van der Waals surface area contributed by atoms with E-state index in [1.165, 1.54) is 36.4 Å². The van der Waals surface area contributed by atoms with Crippen LogP contribution < -0.4 is 10.5 Å². The molecule has 2 fully saturated rings. The first kappa shape index (κ1) is 19.5. The number of rotatable bonds is 3. The maximum atomic E-state index is 15.3. The number of anilines is 1. The summed E-state index contributed by atoms with van der Waals surface area (Å²) >= 11 is 0. The van der Waals surface area contributed by atoms with Crippen molar-refractivity contribution in [3.05, 3.63) is 64.8 Å². The van der Waals surface area contributed by atoms with Gasteiger partial charge in [-0.3, -0.25) is 19.8 Å². The maximum absolute atomic E-state index is 15.3. The molecular formula is C25H26FN5O. The van der Waals surface area contributed by atoms with E-state index in [1.54, 1.807) is 6.20 Å². The smallest absolute Gasteiger partial charge is 0.280 e. The summed E-state index contributed by atoms with van der Waals surface area (Å²) in [5.74, 6) is -0.269. The number of fused-ring (bicyclic) bond motifs is 3. The van der Waals surface area contributed by atoms with Gasteiger partial charge in [0.15, 0.2) is 0 Å². The van der Waals surface area contributed by atoms with E-state index in [0.717, 1.165) is 31.9 Å². The number of nitrogens with one attached hydrogen (secondary N) is 1. The molecule has 0 bridgehead atoms. The lowest BCUT2D eigenvalue weighted by molar-refractivity contribution is 0.187. The minimum atomic E-state index is -0.269. The van der Waals surface area contributed by atoms with Crippen LogP contribution in [0, 0.1) is 5.82 Å². The number of pyridine rings is 1. The third kappa shape index (κ3) is 3.19. The van der Waals surface area contributed by atoms with E-state index in [0.29, 0.717) is 33.5 Å². The molecule has 0 spiro atoms. The van der Waals surface area contributed by atoms with Crippen molar-refractivity contribution in [1.29, 1.82) is 0 Å². The van der Waals surface area contributed by atoms with Crippen LogP contribution in [-0.2, 0) is 0 Å². The number of nitrogens with zero attached hydrogens (tertiary/aromatic N) is 4. The molecule has 1 aliphatic carbocycles. The van der Waals surface area contributed by atoms with Crippen LogP contribution in [0.1, 0.15) is 25.7 Å². The summed E-state index contributed by atoms with van der Waals surface area (Å²) in [5, 5.41) is 4.25. The molecule has 0 radical (unpaired) electrons. The molecule has 1 N–H and O–H groups in total. The van der Waals surface area contributed by atoms with E-state index < -0.39 is 0 Å². The van der Waals surface area contributed by atoms with Crippen molar-refractivity contribution in [3.8, 4) is 5.69 Å². The van der Waals surface area contributed by atoms with Crippen molar-refractivity contribution in [2.24, 2.45) is 0 Å². The molecule has 7 heteroatoms. The Hall–Kier alpha value is -3.19. The summed E-state index contributed by atoms with van der Waals surface area (Å²) < 4.78 is 16.8. The van der Waals surface area contributed by atoms with E-state index in [4.69, 9.17) is 0 Å². The second-order valence-electron chi connectivity index (χ2n) is 8.92. The minimum absolute atomic E-state index is 0.187. The molecule has 6 nitrogen and oxygen atoms in total. The number of aromatic amines is 1. The van der Waals surface area contributed by atoms with Gasteiger partial charge in [-0.1, -0.05) is 31.0 Å². The van der Waals surface area contributed by atoms with E-state index >= 15 is 4.39 Å². The molecule has 2 aromatic carbocycles. The van der Waals surface area contributed by atoms with Crippen LogP contribution in [-0.4, -0.2) is 51.9 Å². The highest BCUT2D eigenvalue weighted by molar-refractivity contribution is 6.03. The van der Waals surface area contributed by atoms with Crippen molar-refractivity contribution in [2.75, 3.05) is 31.1 Å². The second kappa shape index (κ2) is 7.74. The van der Waals surface area contributed by atoms with Gasteiger partial charge in [0, 0.05) is 43.8 Å². The Labute approximate surface area is 185 Å². The number of aromatic nitrogens is 3. The van der Waals surface area contributed by atoms with Crippen LogP contribution in [0.3, 0.4) is 0 Å². The van der Waals surface area contributed by atoms with Crippen LogP contribution in [0.2, 0.25) is 0 Å². The maximum Gasteiger partial charge on any atom is 0.280 e. The first-order valence-corrected chi connectivity index (χ1v) is 11.5. The fraction of sp³-hybridized carbons (Fsp3) is 0.360. The third-order valence-electron chi connectivity index (χ3n) is 7.10. The summed E-state index contributed by atoms with van der Waals surface area (Å²) in [6.45, 7) is 3.59. The van der Waals surface area contributed by atoms with E-state index in [-0.39, 0.29) is 11.4 Å². The zero-order chi connectivity index (χ0) is 21.7. The molecule has 4 aromatic rings. The van der Waals surface area contributed by atoms with Crippen molar-refractivity contribution >= 4 is 27.5 Å². The predicted molar refractivity (Wildman–Crippen MR) is 125 cm³/mol. The van der Waals surface area contributed by atoms with Gasteiger partial charge < -0.3 is 4.90 Å². The highest BCUT2D eigenvalue weighted by Crippen LogP contribution is 2.30. The fourth-order valence-corrected chi connectivity index (χ4v) is 5.37. The van der Waals surface area contributed by atoms with Crippen LogP contribution >= 0.6 is 0 Å². The first-order chi connectivity index (χ1) is 15.7. The van der Waals surface area contributed by atoms with Gasteiger partial charge in [0.2, 0.25) is 0 Å². The lowest BCUT2D eigenvalue weighted by Crippen LogP contribution is -2.50. The Kier molecular flexibility index (Phi) is 4.72. The van der Waals surface area contributed by atoms with Crippen molar-refractivity contribution in [3.63, 3.8) is 0 Å². The zero-order valence-corrected chi connectivity index (χ0v) is 17.9. The lowest BCUT2D eigenvalue weighted by atomic mass is 10.1. The number of hydrogen-bond donors (Lipinski definition) is 1. The van der Waals surface area contributed by atoms with Gasteiger partial charge in [0.05, 0.1) is 27.8 Å². The molecule has 1 aliphatic heterocycles. The Balaban J connectivity index is 1.35. The lowest BCUT2D eigenvalue weighted by Gasteiger charge is -2.39. The summed E-state index contributed by atoms with van der Waals surface area (Å²) in [4.78, 5) is 22.1. The summed E-state index contributed by atoms with van der Waals surface area (Å²) in [7, 11) is 0. The molecule has 2 aliphatic rings. The van der Waals surface area contributed by atoms with Crippen molar-refractivity contribution < 1.29 is 4.39 Å². The molecule has 164 valence electrons. The Morgan fingerprint density at radius 3 is 2.47 bits per heavy atom. The van der Waals surface area contributed by atoms with Gasteiger partial charge in [-0.15, -0.1) is 0 Å². The molecule has 1 saturated heterocycles. The molecule has 3 heterocycles. The van der Waals surface area contributed by atoms with Gasteiger partial charge in [-0.05, 0) is 37.1 Å². The highest BCUT2D eigenvalue weighted by atomic mass is 19.1. The van der Waals surface area contributed by atoms with E-state index in [9.17, 15) is 4.79 Å². The molecule has 0 unspecified atom stereocenters. The van der Waals surface area contributed by atoms with Crippen molar-refractivity contribution in [2.45, 2.75) is 31.7 Å². The summed E-state index contributed by atoms with van der Waals surface area (Å²) in [6.07, 6.45) is 6.85. The van der Waals surface area contributed by atoms with E-state index in [1.807, 2.05) is 36.4 Å². The monoisotopic (exact) mass is 431 g/mol. The van der Waals surface area contributed by atoms with Gasteiger partial charge in [0.1, 0.15) is 5.82 Å². The van der Waals surface area contributed by atoms with E-state index in [2.05, 4.69) is 19.9 Å². The molecule has 6 rings (SSSR count). The van der Waals surface area contributed by atoms with Gasteiger partial charge in [-0.2, -0.15) is 0 Å². The molecule has 2 aromatic heterocycles. The van der Waals surface area contributed by atoms with Gasteiger partial charge >= 0.3 is 0 Å². The van der Waals surface area contributed by atoms with Crippen LogP contribution in [0.5, 0.6) is 0 Å². The minimum Gasteiger partial charge on any atom is -0.367 e. The molecule has 0 amide bonds. The number of halogens is 1. The zero-order valence-electron chi connectivity index (χ0n) is 17.9. The SMILES string of the molecule is O=c1c2cnc3cc(N4CCN(C5CCCC5)CC4)c(F)cc3c2[nH]n1-c1ccccc1. The number of benzene rings is 2. The average molecular weight is 432 g/mol. The number of para-hydroxylation sites is 1. The molecule has 0 atom stereocenters. The number of piperazine rings is 1. The van der Waals surface area contributed by atoms with Crippen LogP contribution in [0.4, 0.5) is 10.1 Å². The second-order valence-corrected chi connectivity index (χ2v) is 8.92. The van der Waals surface area contributed by atoms with Crippen molar-refractivity contribution in [1.82, 2.24) is 19.7 Å². The van der Waals surface area contributed by atoms with Crippen LogP contribution in [0.15, 0.2) is 53.5 Å². The Bertz CT molecular complexity index is 1330. The first-order valence-electron chi connectivity index (χ1n) is 11.5. The van der Waals surface area contributed by atoms with Crippen LogP contribution in [0.25, 0.3) is 27.5 Å². The highest BCUT2D eigenvalue weighted by Gasteiger charge is 2.27. The number of hydrogen-bond acceptors (Lipinski definition) is 4. The number of H-pyrrole nitrogens is 1. The topological polar surface area (TPSA) is 57.2 Å². The predicted octanol–water partition coefficient (Wildman–Crippen LogP) is 4.07. The van der Waals surface area contributed by atoms with Gasteiger partial charge in [0.25, 0.3) is 5.56 Å². The molecular weight excluding hydrogens is 405 g/mol. The summed E-state index contributed by atoms with van der Waals surface area (Å²) in [6, 6.07) is 13.4. The fourth-order valence-electron chi connectivity index (χ4n) is 5.37. The third-order valence-corrected chi connectivity index (χ3v) is 7.10. The molecule has 32 heavy (non-hydrogen) atoms. The largest absolute Gasteiger partial charge is 0.367 e. The quantitative estimate of drug-likeness (QED) is 0.531. The Morgan fingerprint density at radius 1 is 0.969 bits per heavy atom. The summed E-state index contributed by atoms with van der Waals surface area (Å²) in [5.41, 5.74) is 2.45. The normalized spacial score (nSPS) is 18.2. The molecule has 1 saturated carbocycles. The van der Waals surface area contributed by atoms with Gasteiger partial charge in [-0.25, -0.2) is 9.07 Å².